The van der Waals surface area contributed by atoms with Gasteiger partial charge in [-0.1, -0.05) is 243 Å². The van der Waals surface area contributed by atoms with Crippen LogP contribution in [0.1, 0.15) is 44.5 Å². The second-order valence-corrected chi connectivity index (χ2v) is 17.3. The Hall–Kier alpha value is -6.49. The van der Waals surface area contributed by atoms with Crippen molar-refractivity contribution in [1.29, 1.82) is 0 Å². The molecule has 0 atom stereocenters. The number of hydrogen-bond donors (Lipinski definition) is 0. The van der Waals surface area contributed by atoms with Gasteiger partial charge in [-0.15, -0.1) is 0 Å². The molecule has 0 aliphatic carbocycles. The van der Waals surface area contributed by atoms with E-state index >= 15 is 0 Å². The lowest BCUT2D eigenvalue weighted by molar-refractivity contribution is -0.978. The predicted molar refractivity (Wildman–Crippen MR) is 252 cm³/mol. The van der Waals surface area contributed by atoms with Crippen molar-refractivity contribution in [2.45, 2.75) is 52.4 Å². The standard InChI is InChI=1S/2C28H28N.H2O5S/c2*1-5-13-25(14-6-1)21-29(22-26-15-7-2-8-16-26,23-27-17-9-3-10-18-27)24-28-19-11-4-12-20-28;1-5-6(2,3)4/h2*1-20H,21-24H2;1H,(H,2,3,4)/q2*+1;/p-2. The van der Waals surface area contributed by atoms with Gasteiger partial charge in [-0.3, -0.25) is 0 Å². The van der Waals surface area contributed by atoms with Crippen LogP contribution in [0.5, 0.6) is 0 Å². The van der Waals surface area contributed by atoms with Gasteiger partial charge in [-0.05, 0) is 0 Å². The van der Waals surface area contributed by atoms with Gasteiger partial charge in [0.25, 0.3) is 0 Å². The van der Waals surface area contributed by atoms with Crippen LogP contribution in [0.4, 0.5) is 0 Å². The van der Waals surface area contributed by atoms with Crippen LogP contribution in [-0.2, 0) is 67.1 Å². The van der Waals surface area contributed by atoms with E-state index in [0.29, 0.717) is 0 Å². The summed E-state index contributed by atoms with van der Waals surface area (Å²) in [4.78, 5) is 0. The summed E-state index contributed by atoms with van der Waals surface area (Å²) in [7, 11) is -4.97. The zero-order valence-electron chi connectivity index (χ0n) is 36.1. The number of hydrogen-bond acceptors (Lipinski definition) is 5. The first-order valence-corrected chi connectivity index (χ1v) is 22.8. The first kappa shape index (κ1) is 47.0. The van der Waals surface area contributed by atoms with Gasteiger partial charge < -0.3 is 23.1 Å². The van der Waals surface area contributed by atoms with Gasteiger partial charge in [-0.25, -0.2) is 8.42 Å². The van der Waals surface area contributed by atoms with E-state index in [4.69, 9.17) is 18.2 Å². The lowest BCUT2D eigenvalue weighted by atomic mass is 10.0. The first-order chi connectivity index (χ1) is 31.2. The summed E-state index contributed by atoms with van der Waals surface area (Å²) >= 11 is 0. The van der Waals surface area contributed by atoms with Crippen LogP contribution < -0.4 is 5.26 Å². The molecule has 7 nitrogen and oxygen atoms in total. The van der Waals surface area contributed by atoms with E-state index in [9.17, 15) is 0 Å². The molecule has 0 saturated heterocycles. The summed E-state index contributed by atoms with van der Waals surface area (Å²) in [5.41, 5.74) is 11.1. The van der Waals surface area contributed by atoms with Crippen molar-refractivity contribution in [2.75, 3.05) is 0 Å². The fraction of sp³-hybridized carbons (Fsp3) is 0.143. The van der Waals surface area contributed by atoms with Crippen molar-refractivity contribution in [3.8, 4) is 0 Å². The molecule has 0 fully saturated rings. The molecular weight excluding hydrogens is 813 g/mol. The highest BCUT2D eigenvalue weighted by Gasteiger charge is 2.31. The molecule has 0 spiro atoms. The number of quaternary nitrogens is 2. The zero-order valence-corrected chi connectivity index (χ0v) is 36.9. The van der Waals surface area contributed by atoms with Crippen LogP contribution in [-0.4, -0.2) is 21.9 Å². The molecule has 326 valence electrons. The molecule has 8 aromatic carbocycles. The Morgan fingerprint density at radius 1 is 0.281 bits per heavy atom. The van der Waals surface area contributed by atoms with Crippen LogP contribution in [0.3, 0.4) is 0 Å². The van der Waals surface area contributed by atoms with Crippen LogP contribution in [0.25, 0.3) is 0 Å². The van der Waals surface area contributed by atoms with Crippen molar-refractivity contribution in [3.63, 3.8) is 0 Å². The van der Waals surface area contributed by atoms with Gasteiger partial charge in [-0.2, -0.15) is 0 Å². The van der Waals surface area contributed by atoms with E-state index < -0.39 is 10.4 Å². The van der Waals surface area contributed by atoms with Crippen LogP contribution in [0, 0.1) is 0 Å². The zero-order chi connectivity index (χ0) is 44.8. The summed E-state index contributed by atoms with van der Waals surface area (Å²) in [5, 5.41) is 8.55. The van der Waals surface area contributed by atoms with Crippen molar-refractivity contribution in [1.82, 2.24) is 0 Å². The van der Waals surface area contributed by atoms with Gasteiger partial charge in [0.2, 0.25) is 10.4 Å². The second-order valence-electron chi connectivity index (χ2n) is 16.3. The van der Waals surface area contributed by atoms with E-state index in [2.05, 4.69) is 247 Å². The SMILES string of the molecule is O=S(=O)([O-])O[O-].c1ccc(C[N+](Cc2ccccc2)(Cc2ccccc2)Cc2ccccc2)cc1.c1ccc(C[N+](Cc2ccccc2)(Cc2ccccc2)Cc2ccccc2)cc1. The molecule has 0 N–H and O–H groups in total. The predicted octanol–water partition coefficient (Wildman–Crippen LogP) is 10.9. The summed E-state index contributed by atoms with van der Waals surface area (Å²) in [6.45, 7) is 8.00. The monoisotopic (exact) mass is 868 g/mol. The number of benzene rings is 8. The van der Waals surface area contributed by atoms with Crippen molar-refractivity contribution in [2.24, 2.45) is 0 Å². The lowest BCUT2D eigenvalue weighted by Crippen LogP contribution is -2.45. The van der Waals surface area contributed by atoms with E-state index in [1.165, 1.54) is 44.5 Å². The van der Waals surface area contributed by atoms with Crippen LogP contribution >= 0.6 is 0 Å². The Labute approximate surface area is 379 Å². The summed E-state index contributed by atoms with van der Waals surface area (Å²) in [6.07, 6.45) is 0. The fourth-order valence-electron chi connectivity index (χ4n) is 8.44. The molecule has 0 bridgehead atoms. The topological polar surface area (TPSA) is 89.5 Å². The van der Waals surface area contributed by atoms with Crippen molar-refractivity contribution >= 4 is 10.4 Å². The highest BCUT2D eigenvalue weighted by molar-refractivity contribution is 7.80. The van der Waals surface area contributed by atoms with Crippen molar-refractivity contribution in [3.05, 3.63) is 287 Å². The Kier molecular flexibility index (Phi) is 17.9. The summed E-state index contributed by atoms with van der Waals surface area (Å²) in [6, 6.07) is 87.3. The Morgan fingerprint density at radius 2 is 0.391 bits per heavy atom. The molecule has 8 aromatic rings. The molecule has 0 aliphatic heterocycles. The smallest absolute Gasteiger partial charge is 0.208 e. The molecule has 64 heavy (non-hydrogen) atoms. The minimum atomic E-state index is -4.97. The minimum Gasteiger partial charge on any atom is -0.726 e. The Morgan fingerprint density at radius 3 is 0.484 bits per heavy atom. The maximum Gasteiger partial charge on any atom is 0.208 e. The van der Waals surface area contributed by atoms with Gasteiger partial charge in [0.1, 0.15) is 52.4 Å². The molecule has 0 unspecified atom stereocenters. The normalized spacial score (nSPS) is 11.3. The molecule has 0 aromatic heterocycles. The molecule has 0 aliphatic rings. The first-order valence-electron chi connectivity index (χ1n) is 21.5. The van der Waals surface area contributed by atoms with E-state index in [-0.39, 0.29) is 0 Å². The second kappa shape index (κ2) is 24.4. The third-order valence-electron chi connectivity index (χ3n) is 11.0. The van der Waals surface area contributed by atoms with Gasteiger partial charge in [0.05, 0.1) is 0 Å². The summed E-state index contributed by atoms with van der Waals surface area (Å²) in [5.74, 6) is 0. The summed E-state index contributed by atoms with van der Waals surface area (Å²) < 4.78 is 30.8. The minimum absolute atomic E-state index is 0.960. The van der Waals surface area contributed by atoms with Crippen LogP contribution in [0.2, 0.25) is 0 Å². The average Bonchev–Trinajstić information content (AvgIpc) is 3.32. The fourth-order valence-corrected chi connectivity index (χ4v) is 8.44. The largest absolute Gasteiger partial charge is 0.726 e. The highest BCUT2D eigenvalue weighted by atomic mass is 32.3. The molecule has 0 heterocycles. The maximum absolute atomic E-state index is 8.91. The molecule has 8 heteroatoms. The third-order valence-corrected chi connectivity index (χ3v) is 11.1. The quantitative estimate of drug-likeness (QED) is 0.0299. The molecule has 0 amide bonds. The number of rotatable bonds is 17. The molecular formula is C56H56N2O5S. The lowest BCUT2D eigenvalue weighted by Gasteiger charge is -2.39. The number of nitrogens with zero attached hydrogens (tertiary/aromatic N) is 2. The van der Waals surface area contributed by atoms with E-state index in [1.807, 2.05) is 0 Å². The van der Waals surface area contributed by atoms with Gasteiger partial charge in [0, 0.05) is 44.5 Å². The third kappa shape index (κ3) is 16.3. The molecule has 0 saturated carbocycles. The van der Waals surface area contributed by atoms with Gasteiger partial charge >= 0.3 is 0 Å². The highest BCUT2D eigenvalue weighted by Crippen LogP contribution is 2.29. The maximum atomic E-state index is 8.91. The van der Waals surface area contributed by atoms with E-state index in [1.54, 1.807) is 0 Å². The van der Waals surface area contributed by atoms with E-state index in [0.717, 1.165) is 61.3 Å². The average molecular weight is 869 g/mol. The Balaban J connectivity index is 0.000000189. The Bertz CT molecular complexity index is 2080. The molecule has 8 rings (SSSR count). The van der Waals surface area contributed by atoms with Crippen LogP contribution in [0.15, 0.2) is 243 Å². The van der Waals surface area contributed by atoms with Gasteiger partial charge in [0.15, 0.2) is 0 Å². The van der Waals surface area contributed by atoms with Crippen molar-refractivity contribution < 1.29 is 31.5 Å². The molecule has 0 radical (unpaired) electrons.